The smallest absolute Gasteiger partial charge is 0.235 e. The fourth-order valence-corrected chi connectivity index (χ4v) is 2.02. The molecule has 1 fully saturated rings. The van der Waals surface area contributed by atoms with Crippen LogP contribution in [0.1, 0.15) is 6.42 Å². The molecular formula is C12H12ClFN2O2. The van der Waals surface area contributed by atoms with E-state index in [2.05, 4.69) is 5.32 Å². The van der Waals surface area contributed by atoms with Gasteiger partial charge in [-0.05, 0) is 24.3 Å². The fourth-order valence-electron chi connectivity index (χ4n) is 1.94. The lowest BCUT2D eigenvalue weighted by Gasteiger charge is -2.16. The Hall–Kier alpha value is -1.62. The average Bonchev–Trinajstić information content (AvgIpc) is 2.71. The zero-order chi connectivity index (χ0) is 13.1. The van der Waals surface area contributed by atoms with Gasteiger partial charge in [0.2, 0.25) is 11.8 Å². The largest absolute Gasteiger partial charge is 0.350 e. The normalized spacial score (nSPS) is 19.1. The lowest BCUT2D eigenvalue weighted by Crippen LogP contribution is -2.37. The number of anilines is 1. The van der Waals surface area contributed by atoms with Crippen molar-refractivity contribution in [2.75, 3.05) is 17.3 Å². The van der Waals surface area contributed by atoms with Crippen molar-refractivity contribution in [1.82, 2.24) is 5.32 Å². The van der Waals surface area contributed by atoms with Crippen LogP contribution in [0.15, 0.2) is 24.3 Å². The van der Waals surface area contributed by atoms with Gasteiger partial charge in [-0.1, -0.05) is 0 Å². The van der Waals surface area contributed by atoms with Crippen molar-refractivity contribution in [1.29, 1.82) is 0 Å². The van der Waals surface area contributed by atoms with E-state index in [1.54, 1.807) is 12.1 Å². The Kier molecular flexibility index (Phi) is 3.81. The maximum absolute atomic E-state index is 12.8. The Morgan fingerprint density at radius 3 is 2.72 bits per heavy atom. The third-order valence-electron chi connectivity index (χ3n) is 2.75. The van der Waals surface area contributed by atoms with Crippen LogP contribution in [0.3, 0.4) is 0 Å². The van der Waals surface area contributed by atoms with Crippen molar-refractivity contribution in [2.24, 2.45) is 0 Å². The highest BCUT2D eigenvalue weighted by atomic mass is 35.5. The molecule has 1 heterocycles. The van der Waals surface area contributed by atoms with Gasteiger partial charge in [-0.2, -0.15) is 0 Å². The van der Waals surface area contributed by atoms with Gasteiger partial charge in [0.05, 0.1) is 6.04 Å². The molecule has 6 heteroatoms. The van der Waals surface area contributed by atoms with Crippen molar-refractivity contribution >= 4 is 29.1 Å². The van der Waals surface area contributed by atoms with Crippen LogP contribution >= 0.6 is 11.6 Å². The second-order valence-electron chi connectivity index (χ2n) is 4.08. The molecule has 1 saturated heterocycles. The molecule has 2 amide bonds. The second-order valence-corrected chi connectivity index (χ2v) is 4.35. The number of carbonyl (C=O) groups is 2. The standard InChI is InChI=1S/C12H12ClFN2O2/c13-6-11(17)15-9-5-12(18)16(7-9)10-3-1-8(14)2-4-10/h1-4,9H,5-7H2,(H,15,17). The Balaban J connectivity index is 2.05. The Labute approximate surface area is 109 Å². The van der Waals surface area contributed by atoms with E-state index in [1.807, 2.05) is 0 Å². The molecule has 4 nitrogen and oxygen atoms in total. The van der Waals surface area contributed by atoms with Gasteiger partial charge in [-0.25, -0.2) is 4.39 Å². The molecule has 0 spiro atoms. The van der Waals surface area contributed by atoms with Gasteiger partial charge >= 0.3 is 0 Å². The van der Waals surface area contributed by atoms with E-state index in [-0.39, 0.29) is 36.0 Å². The number of alkyl halides is 1. The van der Waals surface area contributed by atoms with Gasteiger partial charge in [-0.3, -0.25) is 9.59 Å². The number of nitrogens with zero attached hydrogens (tertiary/aromatic N) is 1. The second kappa shape index (κ2) is 5.35. The summed E-state index contributed by atoms with van der Waals surface area (Å²) in [6.07, 6.45) is 0.236. The zero-order valence-corrected chi connectivity index (χ0v) is 10.3. The lowest BCUT2D eigenvalue weighted by molar-refractivity contribution is -0.119. The van der Waals surface area contributed by atoms with Crippen LogP contribution in [0, 0.1) is 5.82 Å². The molecule has 0 aromatic heterocycles. The number of hydrogen-bond donors (Lipinski definition) is 1. The quantitative estimate of drug-likeness (QED) is 0.842. The van der Waals surface area contributed by atoms with E-state index in [0.717, 1.165) is 0 Å². The third kappa shape index (κ3) is 2.79. The molecule has 1 aromatic rings. The summed E-state index contributed by atoms with van der Waals surface area (Å²) in [6, 6.07) is 5.44. The molecule has 1 atom stereocenters. The van der Waals surface area contributed by atoms with E-state index in [9.17, 15) is 14.0 Å². The number of halogens is 2. The molecule has 96 valence electrons. The number of nitrogens with one attached hydrogen (secondary N) is 1. The summed E-state index contributed by atoms with van der Waals surface area (Å²) in [4.78, 5) is 24.5. The summed E-state index contributed by atoms with van der Waals surface area (Å²) in [6.45, 7) is 0.382. The summed E-state index contributed by atoms with van der Waals surface area (Å²) in [7, 11) is 0. The number of hydrogen-bond acceptors (Lipinski definition) is 2. The van der Waals surface area contributed by atoms with Crippen LogP contribution in [0.5, 0.6) is 0 Å². The van der Waals surface area contributed by atoms with Crippen LogP contribution in [0.25, 0.3) is 0 Å². The molecule has 0 bridgehead atoms. The Bertz CT molecular complexity index is 464. The minimum Gasteiger partial charge on any atom is -0.350 e. The Morgan fingerprint density at radius 1 is 1.44 bits per heavy atom. The molecule has 1 aromatic carbocycles. The average molecular weight is 271 g/mol. The third-order valence-corrected chi connectivity index (χ3v) is 2.99. The number of amides is 2. The highest BCUT2D eigenvalue weighted by molar-refractivity contribution is 6.27. The molecule has 1 N–H and O–H groups in total. The SMILES string of the molecule is O=C(CCl)NC1CC(=O)N(c2ccc(F)cc2)C1. The van der Waals surface area contributed by atoms with Gasteiger partial charge in [0.15, 0.2) is 0 Å². The van der Waals surface area contributed by atoms with Gasteiger partial charge in [0, 0.05) is 18.7 Å². The van der Waals surface area contributed by atoms with Crippen LogP contribution < -0.4 is 10.2 Å². The molecule has 18 heavy (non-hydrogen) atoms. The predicted octanol–water partition coefficient (Wildman–Crippen LogP) is 1.29. The van der Waals surface area contributed by atoms with E-state index < -0.39 is 0 Å². The molecule has 2 rings (SSSR count). The minimum absolute atomic E-state index is 0.0959. The first-order valence-electron chi connectivity index (χ1n) is 5.51. The van der Waals surface area contributed by atoms with Crippen molar-refractivity contribution in [3.63, 3.8) is 0 Å². The van der Waals surface area contributed by atoms with Gasteiger partial charge in [0.1, 0.15) is 11.7 Å². The number of benzene rings is 1. The monoisotopic (exact) mass is 270 g/mol. The summed E-state index contributed by atoms with van der Waals surface area (Å²) in [5.74, 6) is -0.865. The van der Waals surface area contributed by atoms with Gasteiger partial charge in [0.25, 0.3) is 0 Å². The van der Waals surface area contributed by atoms with Crippen LogP contribution in [0.4, 0.5) is 10.1 Å². The first-order chi connectivity index (χ1) is 8.60. The highest BCUT2D eigenvalue weighted by Crippen LogP contribution is 2.21. The topological polar surface area (TPSA) is 49.4 Å². The maximum atomic E-state index is 12.8. The lowest BCUT2D eigenvalue weighted by atomic mass is 10.2. The zero-order valence-electron chi connectivity index (χ0n) is 9.53. The van der Waals surface area contributed by atoms with E-state index in [4.69, 9.17) is 11.6 Å². The van der Waals surface area contributed by atoms with Crippen molar-refractivity contribution < 1.29 is 14.0 Å². The van der Waals surface area contributed by atoms with E-state index in [1.165, 1.54) is 17.0 Å². The summed E-state index contributed by atoms with van der Waals surface area (Å²) < 4.78 is 12.8. The molecule has 1 aliphatic rings. The fraction of sp³-hybridized carbons (Fsp3) is 0.333. The van der Waals surface area contributed by atoms with E-state index >= 15 is 0 Å². The van der Waals surface area contributed by atoms with Crippen molar-refractivity contribution in [3.05, 3.63) is 30.1 Å². The van der Waals surface area contributed by atoms with E-state index in [0.29, 0.717) is 12.2 Å². The molecule has 1 aliphatic heterocycles. The van der Waals surface area contributed by atoms with Crippen molar-refractivity contribution in [3.8, 4) is 0 Å². The number of carbonyl (C=O) groups excluding carboxylic acids is 2. The predicted molar refractivity (Wildman–Crippen MR) is 66.0 cm³/mol. The van der Waals surface area contributed by atoms with Crippen LogP contribution in [-0.4, -0.2) is 30.3 Å². The summed E-state index contributed by atoms with van der Waals surface area (Å²) in [5.41, 5.74) is 0.629. The molecule has 1 unspecified atom stereocenters. The van der Waals surface area contributed by atoms with Gasteiger partial charge in [-0.15, -0.1) is 11.6 Å². The highest BCUT2D eigenvalue weighted by Gasteiger charge is 2.31. The molecule has 0 saturated carbocycles. The summed E-state index contributed by atoms with van der Waals surface area (Å²) in [5, 5.41) is 2.66. The van der Waals surface area contributed by atoms with Crippen LogP contribution in [0.2, 0.25) is 0 Å². The molecular weight excluding hydrogens is 259 g/mol. The first kappa shape index (κ1) is 12.8. The maximum Gasteiger partial charge on any atom is 0.235 e. The van der Waals surface area contributed by atoms with Crippen LogP contribution in [-0.2, 0) is 9.59 Å². The Morgan fingerprint density at radius 2 is 2.11 bits per heavy atom. The molecule has 0 radical (unpaired) electrons. The number of rotatable bonds is 3. The minimum atomic E-state index is -0.350. The summed E-state index contributed by atoms with van der Waals surface area (Å²) >= 11 is 5.39. The first-order valence-corrected chi connectivity index (χ1v) is 6.05. The van der Waals surface area contributed by atoms with Gasteiger partial charge < -0.3 is 10.2 Å². The molecule has 0 aliphatic carbocycles. The van der Waals surface area contributed by atoms with Crippen molar-refractivity contribution in [2.45, 2.75) is 12.5 Å².